The molecule has 0 radical (unpaired) electrons. The molecule has 0 saturated heterocycles. The van der Waals surface area contributed by atoms with E-state index in [0.29, 0.717) is 19.6 Å². The van der Waals surface area contributed by atoms with Gasteiger partial charge in [0.2, 0.25) is 0 Å². The lowest BCUT2D eigenvalue weighted by Gasteiger charge is -2.34. The van der Waals surface area contributed by atoms with Gasteiger partial charge in [0.1, 0.15) is 0 Å². The molecule has 0 fully saturated rings. The number of hydrazine groups is 1. The average Bonchev–Trinajstić information content (AvgIpc) is 1.99. The zero-order valence-electron chi connectivity index (χ0n) is 10.1. The number of nitrogens with zero attached hydrogens (tertiary/aromatic N) is 2. The molecule has 0 amide bonds. The third kappa shape index (κ3) is 7.70. The van der Waals surface area contributed by atoms with Crippen molar-refractivity contribution in [3.8, 4) is 0 Å². The largest absolute Gasteiger partial charge is 0.392 e. The molecule has 0 aromatic carbocycles. The lowest BCUT2D eigenvalue weighted by molar-refractivity contribution is -0.0700. The first kappa shape index (κ1) is 14.8. The number of rotatable bonds is 7. The van der Waals surface area contributed by atoms with Crippen LogP contribution in [0, 0.1) is 0 Å². The van der Waals surface area contributed by atoms with Crippen LogP contribution in [-0.4, -0.2) is 70.3 Å². The third-order valence-electron chi connectivity index (χ3n) is 1.96. The maximum absolute atomic E-state index is 9.31. The van der Waals surface area contributed by atoms with Crippen molar-refractivity contribution >= 4 is 0 Å². The van der Waals surface area contributed by atoms with Crippen LogP contribution in [0.1, 0.15) is 20.8 Å². The summed E-state index contributed by atoms with van der Waals surface area (Å²) in [5.41, 5.74) is 0. The standard InChI is InChI=1S/C10H24N2O3/c1-8(13)5-11(4)12(6-9(2)14)7-10(3)15/h8-10,13-15H,5-7H2,1-4H3. The van der Waals surface area contributed by atoms with Gasteiger partial charge < -0.3 is 15.3 Å². The zero-order valence-corrected chi connectivity index (χ0v) is 10.1. The van der Waals surface area contributed by atoms with Crippen molar-refractivity contribution in [2.75, 3.05) is 26.7 Å². The van der Waals surface area contributed by atoms with Gasteiger partial charge in [-0.2, -0.15) is 0 Å². The van der Waals surface area contributed by atoms with Gasteiger partial charge >= 0.3 is 0 Å². The number of hydrogen-bond donors (Lipinski definition) is 3. The van der Waals surface area contributed by atoms with Crippen LogP contribution >= 0.6 is 0 Å². The fraction of sp³-hybridized carbons (Fsp3) is 1.00. The Hall–Kier alpha value is -0.200. The molecule has 0 heterocycles. The first-order valence-electron chi connectivity index (χ1n) is 5.33. The van der Waals surface area contributed by atoms with Crippen LogP contribution in [0.2, 0.25) is 0 Å². The van der Waals surface area contributed by atoms with Crippen molar-refractivity contribution in [1.82, 2.24) is 10.0 Å². The highest BCUT2D eigenvalue weighted by Gasteiger charge is 2.16. The van der Waals surface area contributed by atoms with Crippen molar-refractivity contribution < 1.29 is 15.3 Å². The van der Waals surface area contributed by atoms with E-state index in [9.17, 15) is 15.3 Å². The molecular weight excluding hydrogens is 196 g/mol. The number of likely N-dealkylation sites (N-methyl/N-ethyl adjacent to an activating group) is 1. The fourth-order valence-corrected chi connectivity index (χ4v) is 1.46. The molecule has 0 bridgehead atoms. The van der Waals surface area contributed by atoms with E-state index in [4.69, 9.17) is 0 Å². The van der Waals surface area contributed by atoms with Gasteiger partial charge in [-0.3, -0.25) is 0 Å². The summed E-state index contributed by atoms with van der Waals surface area (Å²) in [6.07, 6.45) is -1.35. The lowest BCUT2D eigenvalue weighted by atomic mass is 10.3. The van der Waals surface area contributed by atoms with Gasteiger partial charge in [-0.25, -0.2) is 10.0 Å². The summed E-state index contributed by atoms with van der Waals surface area (Å²) < 4.78 is 0. The van der Waals surface area contributed by atoms with Gasteiger partial charge in [0.15, 0.2) is 0 Å². The van der Waals surface area contributed by atoms with Crippen LogP contribution in [0.4, 0.5) is 0 Å². The zero-order chi connectivity index (χ0) is 12.0. The Morgan fingerprint density at radius 1 is 0.800 bits per heavy atom. The molecule has 0 aliphatic rings. The predicted octanol–water partition coefficient (Wildman–Crippen LogP) is -0.722. The Bertz CT molecular complexity index is 153. The van der Waals surface area contributed by atoms with Gasteiger partial charge in [-0.1, -0.05) is 0 Å². The molecular formula is C10H24N2O3. The van der Waals surface area contributed by atoms with Crippen molar-refractivity contribution in [3.05, 3.63) is 0 Å². The highest BCUT2D eigenvalue weighted by molar-refractivity contribution is 4.63. The van der Waals surface area contributed by atoms with Crippen molar-refractivity contribution in [3.63, 3.8) is 0 Å². The predicted molar refractivity (Wildman–Crippen MR) is 59.2 cm³/mol. The van der Waals surface area contributed by atoms with E-state index < -0.39 is 18.3 Å². The Kier molecular flexibility index (Phi) is 7.04. The number of aliphatic hydroxyl groups excluding tert-OH is 3. The van der Waals surface area contributed by atoms with Crippen LogP contribution in [0.15, 0.2) is 0 Å². The second-order valence-corrected chi connectivity index (χ2v) is 4.26. The van der Waals surface area contributed by atoms with Crippen LogP contribution in [0.5, 0.6) is 0 Å². The van der Waals surface area contributed by atoms with Crippen LogP contribution < -0.4 is 0 Å². The minimum Gasteiger partial charge on any atom is -0.392 e. The van der Waals surface area contributed by atoms with Gasteiger partial charge in [-0.05, 0) is 20.8 Å². The highest BCUT2D eigenvalue weighted by atomic mass is 16.3. The molecule has 92 valence electrons. The van der Waals surface area contributed by atoms with Gasteiger partial charge in [0, 0.05) is 26.7 Å². The Balaban J connectivity index is 4.20. The maximum Gasteiger partial charge on any atom is 0.0653 e. The molecule has 0 aliphatic heterocycles. The number of aliphatic hydroxyl groups is 3. The first-order chi connectivity index (χ1) is 6.82. The van der Waals surface area contributed by atoms with E-state index >= 15 is 0 Å². The third-order valence-corrected chi connectivity index (χ3v) is 1.96. The molecule has 15 heavy (non-hydrogen) atoms. The molecule has 3 unspecified atom stereocenters. The molecule has 0 aromatic rings. The maximum atomic E-state index is 9.31. The Labute approximate surface area is 91.9 Å². The summed E-state index contributed by atoms with van der Waals surface area (Å²) in [6, 6.07) is 0. The topological polar surface area (TPSA) is 67.2 Å². The molecule has 3 N–H and O–H groups in total. The van der Waals surface area contributed by atoms with E-state index in [-0.39, 0.29) is 0 Å². The fourth-order valence-electron chi connectivity index (χ4n) is 1.46. The summed E-state index contributed by atoms with van der Waals surface area (Å²) in [7, 11) is 1.83. The van der Waals surface area contributed by atoms with Gasteiger partial charge in [0.25, 0.3) is 0 Å². The molecule has 0 aliphatic carbocycles. The quantitative estimate of drug-likeness (QED) is 0.494. The van der Waals surface area contributed by atoms with Crippen molar-refractivity contribution in [2.24, 2.45) is 0 Å². The van der Waals surface area contributed by atoms with E-state index in [2.05, 4.69) is 0 Å². The summed E-state index contributed by atoms with van der Waals surface area (Å²) >= 11 is 0. The smallest absolute Gasteiger partial charge is 0.0653 e. The van der Waals surface area contributed by atoms with Crippen molar-refractivity contribution in [1.29, 1.82) is 0 Å². The van der Waals surface area contributed by atoms with Crippen LogP contribution in [0.25, 0.3) is 0 Å². The number of hydrogen-bond acceptors (Lipinski definition) is 5. The van der Waals surface area contributed by atoms with Crippen molar-refractivity contribution in [2.45, 2.75) is 39.1 Å². The summed E-state index contributed by atoms with van der Waals surface area (Å²) in [6.45, 7) is 6.50. The molecule has 0 saturated carbocycles. The second-order valence-electron chi connectivity index (χ2n) is 4.26. The van der Waals surface area contributed by atoms with E-state index in [1.807, 2.05) is 17.1 Å². The normalized spacial score (nSPS) is 18.2. The monoisotopic (exact) mass is 220 g/mol. The Morgan fingerprint density at radius 2 is 1.13 bits per heavy atom. The molecule has 5 heteroatoms. The summed E-state index contributed by atoms with van der Waals surface area (Å²) in [4.78, 5) is 0. The average molecular weight is 220 g/mol. The highest BCUT2D eigenvalue weighted by Crippen LogP contribution is 2.01. The summed E-state index contributed by atoms with van der Waals surface area (Å²) in [5.74, 6) is 0. The molecule has 3 atom stereocenters. The van der Waals surface area contributed by atoms with Gasteiger partial charge in [0.05, 0.1) is 18.3 Å². The van der Waals surface area contributed by atoms with Crippen LogP contribution in [-0.2, 0) is 0 Å². The minimum absolute atomic E-state index is 0.430. The van der Waals surface area contributed by atoms with E-state index in [1.54, 1.807) is 20.8 Å². The lowest BCUT2D eigenvalue weighted by Crippen LogP contribution is -2.48. The Morgan fingerprint density at radius 3 is 1.40 bits per heavy atom. The molecule has 0 spiro atoms. The van der Waals surface area contributed by atoms with E-state index in [1.165, 1.54) is 0 Å². The SMILES string of the molecule is CC(O)CN(C)N(CC(C)O)CC(C)O. The second kappa shape index (κ2) is 7.14. The van der Waals surface area contributed by atoms with E-state index in [0.717, 1.165) is 0 Å². The summed E-state index contributed by atoms with van der Waals surface area (Å²) in [5, 5.41) is 31.5. The van der Waals surface area contributed by atoms with Crippen LogP contribution in [0.3, 0.4) is 0 Å². The molecule has 5 nitrogen and oxygen atoms in total. The first-order valence-corrected chi connectivity index (χ1v) is 5.33. The molecule has 0 rings (SSSR count). The van der Waals surface area contributed by atoms with Gasteiger partial charge in [-0.15, -0.1) is 0 Å². The molecule has 0 aromatic heterocycles. The minimum atomic E-state index is -0.458.